The molecule has 4 atom stereocenters. The number of carbonyl (C=O) groups excluding carboxylic acids is 1. The largest absolute Gasteiger partial charge is 0.394 e. The molecule has 9 nitrogen and oxygen atoms in total. The Morgan fingerprint density at radius 3 is 2.65 bits per heavy atom. The van der Waals surface area contributed by atoms with Crippen LogP contribution in [0.5, 0.6) is 0 Å². The maximum Gasteiger partial charge on any atom is 0.351 e. The van der Waals surface area contributed by atoms with Gasteiger partial charge in [-0.1, -0.05) is 0 Å². The highest BCUT2D eigenvalue weighted by atomic mass is 16.6. The standard InChI is InChI=1S/C11H15N3O6/c1-4(16)5-2-14(11(19)13-9(5)12)10-8(18)7(17)6(3-15)20-10/h2,6-8,10,15,17-18H,3H2,1H3,(H2,12,13,19)/t6-,7+,8-,10-/m1/s1. The molecule has 110 valence electrons. The van der Waals surface area contributed by atoms with Gasteiger partial charge in [-0.2, -0.15) is 4.98 Å². The van der Waals surface area contributed by atoms with Crippen LogP contribution in [0.2, 0.25) is 0 Å². The zero-order valence-electron chi connectivity index (χ0n) is 10.6. The minimum atomic E-state index is -1.44. The van der Waals surface area contributed by atoms with Crippen molar-refractivity contribution in [3.05, 3.63) is 22.2 Å². The number of aromatic nitrogens is 2. The predicted octanol–water partition coefficient (Wildman–Crippen LogP) is -2.36. The Labute approximate surface area is 113 Å². The number of nitrogens with two attached hydrogens (primary N) is 1. The zero-order valence-corrected chi connectivity index (χ0v) is 10.6. The number of rotatable bonds is 3. The molecule has 9 heteroatoms. The number of ether oxygens (including phenoxy) is 1. The van der Waals surface area contributed by atoms with Crippen LogP contribution in [0.4, 0.5) is 5.82 Å². The topological polar surface area (TPSA) is 148 Å². The molecule has 1 fully saturated rings. The first-order valence-electron chi connectivity index (χ1n) is 5.89. The van der Waals surface area contributed by atoms with Crippen molar-refractivity contribution in [3.63, 3.8) is 0 Å². The number of hydrogen-bond acceptors (Lipinski definition) is 8. The molecule has 0 saturated carbocycles. The molecular formula is C11H15N3O6. The number of ketones is 1. The first kappa shape index (κ1) is 14.6. The first-order valence-corrected chi connectivity index (χ1v) is 5.89. The summed E-state index contributed by atoms with van der Waals surface area (Å²) in [6, 6.07) is 0. The number of nitrogen functional groups attached to an aromatic ring is 1. The lowest BCUT2D eigenvalue weighted by Gasteiger charge is -2.18. The van der Waals surface area contributed by atoms with E-state index in [1.165, 1.54) is 6.92 Å². The van der Waals surface area contributed by atoms with Crippen molar-refractivity contribution >= 4 is 11.6 Å². The average molecular weight is 285 g/mol. The van der Waals surface area contributed by atoms with Crippen LogP contribution in [-0.4, -0.2) is 55.6 Å². The Bertz CT molecular complexity index is 586. The third-order valence-corrected chi connectivity index (χ3v) is 3.15. The molecule has 0 bridgehead atoms. The van der Waals surface area contributed by atoms with Crippen LogP contribution < -0.4 is 11.4 Å². The second-order valence-electron chi connectivity index (χ2n) is 4.51. The van der Waals surface area contributed by atoms with Gasteiger partial charge in [0.15, 0.2) is 12.0 Å². The Morgan fingerprint density at radius 1 is 1.50 bits per heavy atom. The maximum atomic E-state index is 11.8. The molecule has 5 N–H and O–H groups in total. The van der Waals surface area contributed by atoms with E-state index in [0.717, 1.165) is 10.8 Å². The molecule has 2 rings (SSSR count). The van der Waals surface area contributed by atoms with Gasteiger partial charge >= 0.3 is 5.69 Å². The van der Waals surface area contributed by atoms with Crippen LogP contribution in [0, 0.1) is 0 Å². The van der Waals surface area contributed by atoms with Crippen molar-refractivity contribution in [2.75, 3.05) is 12.3 Å². The fraction of sp³-hybridized carbons (Fsp3) is 0.545. The number of nitrogens with zero attached hydrogens (tertiary/aromatic N) is 2. The van der Waals surface area contributed by atoms with E-state index in [2.05, 4.69) is 4.98 Å². The highest BCUT2D eigenvalue weighted by Gasteiger charge is 2.44. The quantitative estimate of drug-likeness (QED) is 0.451. The fourth-order valence-corrected chi connectivity index (χ4v) is 2.04. The zero-order chi connectivity index (χ0) is 15.0. The monoisotopic (exact) mass is 285 g/mol. The molecule has 0 aromatic carbocycles. The summed E-state index contributed by atoms with van der Waals surface area (Å²) in [5.41, 5.74) is 4.64. The Balaban J connectivity index is 2.46. The number of Topliss-reactive ketones (excluding diaryl/α,β-unsaturated/α-hetero) is 1. The second kappa shape index (κ2) is 5.29. The van der Waals surface area contributed by atoms with Gasteiger partial charge in [-0.15, -0.1) is 0 Å². The van der Waals surface area contributed by atoms with Gasteiger partial charge < -0.3 is 25.8 Å². The van der Waals surface area contributed by atoms with E-state index < -0.39 is 42.6 Å². The molecule has 0 radical (unpaired) electrons. The van der Waals surface area contributed by atoms with E-state index >= 15 is 0 Å². The van der Waals surface area contributed by atoms with Crippen LogP contribution in [0.1, 0.15) is 23.5 Å². The van der Waals surface area contributed by atoms with Crippen LogP contribution in [-0.2, 0) is 4.74 Å². The molecule has 0 aliphatic carbocycles. The molecule has 1 aliphatic rings. The normalized spacial score (nSPS) is 29.6. The number of carbonyl (C=O) groups is 1. The highest BCUT2D eigenvalue weighted by molar-refractivity contribution is 5.97. The lowest BCUT2D eigenvalue weighted by Crippen LogP contribution is -2.36. The van der Waals surface area contributed by atoms with E-state index in [4.69, 9.17) is 15.6 Å². The number of hydrogen-bond donors (Lipinski definition) is 4. The van der Waals surface area contributed by atoms with Crippen LogP contribution >= 0.6 is 0 Å². The van der Waals surface area contributed by atoms with Crippen molar-refractivity contribution in [3.8, 4) is 0 Å². The SMILES string of the molecule is CC(=O)c1cn([C@@H]2O[C@H](CO)[C@H](O)[C@H]2O)c(=O)nc1N. The summed E-state index contributed by atoms with van der Waals surface area (Å²) >= 11 is 0. The Hall–Kier alpha value is -1.81. The van der Waals surface area contributed by atoms with Gasteiger partial charge in [0.2, 0.25) is 0 Å². The van der Waals surface area contributed by atoms with Crippen molar-refractivity contribution in [1.82, 2.24) is 9.55 Å². The fourth-order valence-electron chi connectivity index (χ4n) is 2.04. The van der Waals surface area contributed by atoms with Crippen molar-refractivity contribution in [2.45, 2.75) is 31.5 Å². The first-order chi connectivity index (χ1) is 9.36. The smallest absolute Gasteiger partial charge is 0.351 e. The van der Waals surface area contributed by atoms with Gasteiger partial charge in [0.05, 0.1) is 12.2 Å². The summed E-state index contributed by atoms with van der Waals surface area (Å²) in [5, 5.41) is 28.5. The molecule has 20 heavy (non-hydrogen) atoms. The lowest BCUT2D eigenvalue weighted by atomic mass is 10.1. The average Bonchev–Trinajstić information content (AvgIpc) is 2.66. The molecule has 0 amide bonds. The van der Waals surface area contributed by atoms with Crippen molar-refractivity contribution in [1.29, 1.82) is 0 Å². The van der Waals surface area contributed by atoms with Gasteiger partial charge in [-0.25, -0.2) is 4.79 Å². The third-order valence-electron chi connectivity index (χ3n) is 3.15. The molecule has 1 aromatic rings. The number of aliphatic hydroxyl groups excluding tert-OH is 3. The molecule has 1 aromatic heterocycles. The molecular weight excluding hydrogens is 270 g/mol. The van der Waals surface area contributed by atoms with Crippen molar-refractivity contribution < 1.29 is 24.9 Å². The van der Waals surface area contributed by atoms with Gasteiger partial charge in [-0.05, 0) is 6.92 Å². The van der Waals surface area contributed by atoms with E-state index in [-0.39, 0.29) is 11.4 Å². The van der Waals surface area contributed by atoms with Crippen molar-refractivity contribution in [2.24, 2.45) is 0 Å². The van der Waals surface area contributed by atoms with E-state index in [1.54, 1.807) is 0 Å². The van der Waals surface area contributed by atoms with Gasteiger partial charge in [-0.3, -0.25) is 9.36 Å². The molecule has 1 saturated heterocycles. The van der Waals surface area contributed by atoms with Gasteiger partial charge in [0, 0.05) is 6.20 Å². The molecule has 0 spiro atoms. The highest BCUT2D eigenvalue weighted by Crippen LogP contribution is 2.28. The minimum Gasteiger partial charge on any atom is -0.394 e. The summed E-state index contributed by atoms with van der Waals surface area (Å²) in [6.07, 6.45) is -3.95. The van der Waals surface area contributed by atoms with E-state index in [1.807, 2.05) is 0 Å². The summed E-state index contributed by atoms with van der Waals surface area (Å²) in [6.45, 7) is 0.727. The van der Waals surface area contributed by atoms with Gasteiger partial charge in [0.25, 0.3) is 0 Å². The lowest BCUT2D eigenvalue weighted by molar-refractivity contribution is -0.0550. The Kier molecular flexibility index (Phi) is 3.86. The maximum absolute atomic E-state index is 11.8. The molecule has 1 aliphatic heterocycles. The van der Waals surface area contributed by atoms with E-state index in [0.29, 0.717) is 0 Å². The number of aliphatic hydroxyl groups is 3. The summed E-state index contributed by atoms with van der Waals surface area (Å²) < 4.78 is 6.07. The minimum absolute atomic E-state index is 0.00217. The summed E-state index contributed by atoms with van der Waals surface area (Å²) in [7, 11) is 0. The van der Waals surface area contributed by atoms with Crippen LogP contribution in [0.15, 0.2) is 11.0 Å². The molecule has 0 unspecified atom stereocenters. The second-order valence-corrected chi connectivity index (χ2v) is 4.51. The van der Waals surface area contributed by atoms with E-state index in [9.17, 15) is 19.8 Å². The number of anilines is 1. The van der Waals surface area contributed by atoms with Crippen LogP contribution in [0.3, 0.4) is 0 Å². The predicted molar refractivity (Wildman–Crippen MR) is 65.9 cm³/mol. The molecule has 2 heterocycles. The van der Waals surface area contributed by atoms with Crippen LogP contribution in [0.25, 0.3) is 0 Å². The third kappa shape index (κ3) is 2.31. The Morgan fingerprint density at radius 2 is 2.15 bits per heavy atom. The summed E-state index contributed by atoms with van der Waals surface area (Å²) in [5.74, 6) is -0.624. The summed E-state index contributed by atoms with van der Waals surface area (Å²) in [4.78, 5) is 26.6. The van der Waals surface area contributed by atoms with Gasteiger partial charge in [0.1, 0.15) is 24.1 Å².